The first-order valence-electron chi connectivity index (χ1n) is 6.69. The average molecular weight is 294 g/mol. The van der Waals surface area contributed by atoms with Gasteiger partial charge in [-0.25, -0.2) is 0 Å². The molecule has 0 radical (unpaired) electrons. The van der Waals surface area contributed by atoms with E-state index in [1.165, 1.54) is 23.4 Å². The summed E-state index contributed by atoms with van der Waals surface area (Å²) in [7, 11) is 0. The summed E-state index contributed by atoms with van der Waals surface area (Å²) in [5, 5.41) is 3.26. The zero-order valence-corrected chi connectivity index (χ0v) is 12.0. The number of hydrogen-bond donors (Lipinski definition) is 1. The van der Waals surface area contributed by atoms with E-state index in [1.807, 2.05) is 26.0 Å². The van der Waals surface area contributed by atoms with Crippen molar-refractivity contribution < 1.29 is 13.2 Å². The van der Waals surface area contributed by atoms with Crippen molar-refractivity contribution in [2.24, 2.45) is 0 Å². The number of anilines is 1. The van der Waals surface area contributed by atoms with Crippen LogP contribution in [0.5, 0.6) is 0 Å². The summed E-state index contributed by atoms with van der Waals surface area (Å²) in [5.74, 6) is 0. The molecule has 1 heterocycles. The quantitative estimate of drug-likeness (QED) is 0.905. The van der Waals surface area contributed by atoms with Crippen LogP contribution in [-0.2, 0) is 12.6 Å². The minimum absolute atomic E-state index is 0.623. The Labute approximate surface area is 122 Å². The number of hydrogen-bond acceptors (Lipinski definition) is 2. The topological polar surface area (TPSA) is 24.9 Å². The van der Waals surface area contributed by atoms with Crippen molar-refractivity contribution in [3.05, 3.63) is 58.9 Å². The monoisotopic (exact) mass is 294 g/mol. The number of rotatable bonds is 4. The van der Waals surface area contributed by atoms with E-state index in [2.05, 4.69) is 16.4 Å². The summed E-state index contributed by atoms with van der Waals surface area (Å²) in [6, 6.07) is 8.58. The largest absolute Gasteiger partial charge is 0.433 e. The Hall–Kier alpha value is -2.04. The van der Waals surface area contributed by atoms with Gasteiger partial charge in [0.25, 0.3) is 0 Å². The number of benzene rings is 1. The Morgan fingerprint density at radius 1 is 1.05 bits per heavy atom. The molecule has 0 aliphatic heterocycles. The lowest BCUT2D eigenvalue weighted by Gasteiger charge is -2.09. The number of aryl methyl sites for hydroxylation is 2. The average Bonchev–Trinajstić information content (AvgIpc) is 2.42. The van der Waals surface area contributed by atoms with Gasteiger partial charge in [-0.1, -0.05) is 12.1 Å². The van der Waals surface area contributed by atoms with Crippen LogP contribution in [0.25, 0.3) is 0 Å². The molecule has 1 N–H and O–H groups in total. The smallest absolute Gasteiger partial charge is 0.385 e. The first-order chi connectivity index (χ1) is 9.86. The van der Waals surface area contributed by atoms with Crippen molar-refractivity contribution in [1.29, 1.82) is 0 Å². The number of aromatic nitrogens is 1. The molecule has 0 spiro atoms. The third kappa shape index (κ3) is 4.21. The lowest BCUT2D eigenvalue weighted by Crippen LogP contribution is -2.09. The fraction of sp³-hybridized carbons (Fsp3) is 0.312. The van der Waals surface area contributed by atoms with Gasteiger partial charge >= 0.3 is 6.18 Å². The number of halogens is 3. The highest BCUT2D eigenvalue weighted by Crippen LogP contribution is 2.27. The van der Waals surface area contributed by atoms with Crippen LogP contribution in [-0.4, -0.2) is 11.5 Å². The van der Waals surface area contributed by atoms with Gasteiger partial charge in [-0.05, 0) is 55.2 Å². The number of nitrogens with zero attached hydrogens (tertiary/aromatic N) is 1. The van der Waals surface area contributed by atoms with E-state index in [0.717, 1.165) is 17.3 Å². The van der Waals surface area contributed by atoms with Crippen LogP contribution in [0.3, 0.4) is 0 Å². The third-order valence-electron chi connectivity index (χ3n) is 3.36. The van der Waals surface area contributed by atoms with Crippen LogP contribution in [0.4, 0.5) is 18.9 Å². The fourth-order valence-electron chi connectivity index (χ4n) is 1.94. The highest BCUT2D eigenvalue weighted by atomic mass is 19.4. The minimum atomic E-state index is -4.38. The Kier molecular flexibility index (Phi) is 4.50. The molecule has 112 valence electrons. The van der Waals surface area contributed by atoms with E-state index in [4.69, 9.17) is 0 Å². The molecule has 0 aliphatic rings. The van der Waals surface area contributed by atoms with E-state index in [1.54, 1.807) is 0 Å². The maximum Gasteiger partial charge on any atom is 0.433 e. The Balaban J connectivity index is 1.90. The maximum absolute atomic E-state index is 12.4. The van der Waals surface area contributed by atoms with Crippen molar-refractivity contribution in [1.82, 2.24) is 4.98 Å². The molecule has 0 saturated carbocycles. The predicted octanol–water partition coefficient (Wildman–Crippen LogP) is 4.37. The molecule has 5 heteroatoms. The van der Waals surface area contributed by atoms with Crippen molar-refractivity contribution in [3.8, 4) is 0 Å². The second kappa shape index (κ2) is 6.16. The summed E-state index contributed by atoms with van der Waals surface area (Å²) in [6.45, 7) is 4.74. The van der Waals surface area contributed by atoms with Crippen LogP contribution in [0.15, 0.2) is 36.5 Å². The standard InChI is InChI=1S/C16H17F3N2/c1-11-3-5-14(9-12(11)2)20-8-7-13-4-6-15(21-10-13)16(17,18)19/h3-6,9-10,20H,7-8H2,1-2H3. The lowest BCUT2D eigenvalue weighted by molar-refractivity contribution is -0.141. The SMILES string of the molecule is Cc1ccc(NCCc2ccc(C(F)(F)F)nc2)cc1C. The fourth-order valence-corrected chi connectivity index (χ4v) is 1.94. The Morgan fingerprint density at radius 2 is 1.81 bits per heavy atom. The van der Waals surface area contributed by atoms with E-state index < -0.39 is 11.9 Å². The molecule has 2 aromatic rings. The summed E-state index contributed by atoms with van der Waals surface area (Å²) in [5.41, 5.74) is 3.37. The second-order valence-electron chi connectivity index (χ2n) is 5.03. The molecule has 0 amide bonds. The zero-order chi connectivity index (χ0) is 15.5. The second-order valence-corrected chi connectivity index (χ2v) is 5.03. The first kappa shape index (κ1) is 15.4. The summed E-state index contributed by atoms with van der Waals surface area (Å²) in [4.78, 5) is 3.45. The maximum atomic E-state index is 12.4. The third-order valence-corrected chi connectivity index (χ3v) is 3.36. The molecule has 2 rings (SSSR count). The zero-order valence-electron chi connectivity index (χ0n) is 12.0. The number of pyridine rings is 1. The van der Waals surface area contributed by atoms with Gasteiger partial charge in [0.15, 0.2) is 0 Å². The predicted molar refractivity (Wildman–Crippen MR) is 77.3 cm³/mol. The molecule has 1 aromatic carbocycles. The van der Waals surface area contributed by atoms with E-state index >= 15 is 0 Å². The van der Waals surface area contributed by atoms with Crippen molar-refractivity contribution in [3.63, 3.8) is 0 Å². The summed E-state index contributed by atoms with van der Waals surface area (Å²) < 4.78 is 37.2. The molecule has 21 heavy (non-hydrogen) atoms. The van der Waals surface area contributed by atoms with Crippen LogP contribution < -0.4 is 5.32 Å². The lowest BCUT2D eigenvalue weighted by atomic mass is 10.1. The molecule has 0 unspecified atom stereocenters. The van der Waals surface area contributed by atoms with E-state index in [-0.39, 0.29) is 0 Å². The molecule has 0 bridgehead atoms. The van der Waals surface area contributed by atoms with Gasteiger partial charge in [-0.3, -0.25) is 4.98 Å². The number of alkyl halides is 3. The van der Waals surface area contributed by atoms with Crippen LogP contribution >= 0.6 is 0 Å². The van der Waals surface area contributed by atoms with E-state index in [9.17, 15) is 13.2 Å². The Morgan fingerprint density at radius 3 is 2.38 bits per heavy atom. The van der Waals surface area contributed by atoms with Crippen LogP contribution in [0, 0.1) is 13.8 Å². The normalized spacial score (nSPS) is 11.5. The van der Waals surface area contributed by atoms with Gasteiger partial charge in [0.2, 0.25) is 0 Å². The summed E-state index contributed by atoms with van der Waals surface area (Å²) >= 11 is 0. The first-order valence-corrected chi connectivity index (χ1v) is 6.69. The van der Waals surface area contributed by atoms with Gasteiger partial charge in [-0.2, -0.15) is 13.2 Å². The molecule has 2 nitrogen and oxygen atoms in total. The van der Waals surface area contributed by atoms with E-state index in [0.29, 0.717) is 13.0 Å². The highest BCUT2D eigenvalue weighted by molar-refractivity contribution is 5.48. The van der Waals surface area contributed by atoms with Gasteiger partial charge in [0, 0.05) is 18.4 Å². The summed E-state index contributed by atoms with van der Waals surface area (Å²) in [6.07, 6.45) is -2.47. The molecular weight excluding hydrogens is 277 g/mol. The molecule has 0 fully saturated rings. The van der Waals surface area contributed by atoms with Crippen molar-refractivity contribution >= 4 is 5.69 Å². The van der Waals surface area contributed by atoms with Crippen molar-refractivity contribution in [2.75, 3.05) is 11.9 Å². The molecule has 1 aromatic heterocycles. The van der Waals surface area contributed by atoms with Gasteiger partial charge in [-0.15, -0.1) is 0 Å². The van der Waals surface area contributed by atoms with Crippen LogP contribution in [0.1, 0.15) is 22.4 Å². The van der Waals surface area contributed by atoms with Gasteiger partial charge in [0.05, 0.1) is 0 Å². The molecule has 0 saturated heterocycles. The molecule has 0 atom stereocenters. The molecular formula is C16H17F3N2. The van der Waals surface area contributed by atoms with Crippen molar-refractivity contribution in [2.45, 2.75) is 26.4 Å². The van der Waals surface area contributed by atoms with Gasteiger partial charge in [0.1, 0.15) is 5.69 Å². The Bertz CT molecular complexity index is 604. The highest BCUT2D eigenvalue weighted by Gasteiger charge is 2.31. The van der Waals surface area contributed by atoms with Gasteiger partial charge < -0.3 is 5.32 Å². The molecule has 0 aliphatic carbocycles. The minimum Gasteiger partial charge on any atom is -0.385 e. The van der Waals surface area contributed by atoms with Crippen LogP contribution in [0.2, 0.25) is 0 Å². The number of nitrogens with one attached hydrogen (secondary N) is 1.